The molecular weight excluding hydrogens is 219 g/mol. The van der Waals surface area contributed by atoms with Crippen molar-refractivity contribution >= 4 is 5.78 Å². The molecule has 0 aliphatic heterocycles. The summed E-state index contributed by atoms with van der Waals surface area (Å²) in [6.07, 6.45) is 3.16. The van der Waals surface area contributed by atoms with Gasteiger partial charge in [-0.3, -0.25) is 4.79 Å². The van der Waals surface area contributed by atoms with Gasteiger partial charge in [0.25, 0.3) is 0 Å². The minimum atomic E-state index is -0.265. The zero-order valence-corrected chi connectivity index (χ0v) is 9.72. The van der Waals surface area contributed by atoms with E-state index in [1.807, 2.05) is 6.92 Å². The van der Waals surface area contributed by atoms with Crippen LogP contribution in [0, 0.1) is 5.82 Å². The fraction of sp³-hybridized carbons (Fsp3) is 0.231. The molecule has 0 aliphatic rings. The van der Waals surface area contributed by atoms with Gasteiger partial charge in [-0.25, -0.2) is 9.37 Å². The number of halogens is 1. The molecule has 3 nitrogen and oxygen atoms in total. The first-order chi connectivity index (χ1) is 8.09. The highest BCUT2D eigenvalue weighted by molar-refractivity contribution is 5.92. The molecule has 0 saturated heterocycles. The minimum Gasteiger partial charge on any atom is -0.321 e. The molecule has 0 radical (unpaired) electrons. The summed E-state index contributed by atoms with van der Waals surface area (Å²) in [4.78, 5) is 15.4. The number of hydrogen-bond donors (Lipinski definition) is 0. The van der Waals surface area contributed by atoms with Crippen molar-refractivity contribution in [2.24, 2.45) is 0 Å². The molecule has 0 unspecified atom stereocenters. The summed E-state index contributed by atoms with van der Waals surface area (Å²) >= 11 is 0. The molecule has 0 aliphatic carbocycles. The average molecular weight is 232 g/mol. The largest absolute Gasteiger partial charge is 0.321 e. The van der Waals surface area contributed by atoms with Crippen molar-refractivity contribution in [3.05, 3.63) is 53.9 Å². The zero-order valence-electron chi connectivity index (χ0n) is 9.72. The van der Waals surface area contributed by atoms with Gasteiger partial charge in [0.2, 0.25) is 0 Å². The Balaban J connectivity index is 2.36. The summed E-state index contributed by atoms with van der Waals surface area (Å²) in [6.45, 7) is 3.45. The van der Waals surface area contributed by atoms with E-state index in [0.717, 1.165) is 5.56 Å². The molecule has 1 aromatic carbocycles. The van der Waals surface area contributed by atoms with Gasteiger partial charge in [-0.1, -0.05) is 12.1 Å². The number of nitrogens with zero attached hydrogens (tertiary/aromatic N) is 2. The van der Waals surface area contributed by atoms with E-state index in [4.69, 9.17) is 0 Å². The van der Waals surface area contributed by atoms with Gasteiger partial charge in [0, 0.05) is 6.92 Å². The number of carbonyl (C=O) groups excluding carboxylic acids is 1. The topological polar surface area (TPSA) is 34.9 Å². The van der Waals surface area contributed by atoms with Gasteiger partial charge in [-0.05, 0) is 24.6 Å². The number of carbonyl (C=O) groups is 1. The second-order valence-corrected chi connectivity index (χ2v) is 3.97. The van der Waals surface area contributed by atoms with Gasteiger partial charge in [0.1, 0.15) is 11.5 Å². The quantitative estimate of drug-likeness (QED) is 0.763. The van der Waals surface area contributed by atoms with Crippen molar-refractivity contribution in [2.75, 3.05) is 0 Å². The molecule has 1 aromatic heterocycles. The highest BCUT2D eigenvalue weighted by Gasteiger charge is 2.14. The molecular formula is C13H13FN2O. The number of rotatable bonds is 3. The Hall–Kier alpha value is -1.97. The van der Waals surface area contributed by atoms with Crippen molar-refractivity contribution < 1.29 is 9.18 Å². The molecule has 1 heterocycles. The zero-order chi connectivity index (χ0) is 12.4. The van der Waals surface area contributed by atoms with E-state index >= 15 is 0 Å². The fourth-order valence-electron chi connectivity index (χ4n) is 1.79. The van der Waals surface area contributed by atoms with Gasteiger partial charge in [-0.15, -0.1) is 0 Å². The lowest BCUT2D eigenvalue weighted by Crippen LogP contribution is -2.11. The van der Waals surface area contributed by atoms with E-state index < -0.39 is 0 Å². The van der Waals surface area contributed by atoms with Crippen LogP contribution in [0.4, 0.5) is 4.39 Å². The maximum absolute atomic E-state index is 12.8. The Bertz CT molecular complexity index is 531. The van der Waals surface area contributed by atoms with Crippen molar-refractivity contribution in [2.45, 2.75) is 19.9 Å². The van der Waals surface area contributed by atoms with Crippen LogP contribution < -0.4 is 0 Å². The van der Waals surface area contributed by atoms with Crippen molar-refractivity contribution in [3.63, 3.8) is 0 Å². The number of benzene rings is 1. The molecule has 1 atom stereocenters. The van der Waals surface area contributed by atoms with E-state index in [1.54, 1.807) is 29.2 Å². The third-order valence-electron chi connectivity index (χ3n) is 2.80. The van der Waals surface area contributed by atoms with Crippen LogP contribution in [0.1, 0.15) is 35.9 Å². The third kappa shape index (κ3) is 2.25. The second-order valence-electron chi connectivity index (χ2n) is 3.97. The Morgan fingerprint density at radius 2 is 2.00 bits per heavy atom. The lowest BCUT2D eigenvalue weighted by Gasteiger charge is -2.15. The Morgan fingerprint density at radius 1 is 1.35 bits per heavy atom. The van der Waals surface area contributed by atoms with Gasteiger partial charge in [-0.2, -0.15) is 0 Å². The summed E-state index contributed by atoms with van der Waals surface area (Å²) in [5.74, 6) is -0.296. The molecule has 0 bridgehead atoms. The lowest BCUT2D eigenvalue weighted by atomic mass is 10.1. The van der Waals surface area contributed by atoms with Crippen molar-refractivity contribution in [3.8, 4) is 0 Å². The number of imidazole rings is 1. The lowest BCUT2D eigenvalue weighted by molar-refractivity contribution is 0.100. The maximum Gasteiger partial charge on any atom is 0.177 e. The molecule has 0 fully saturated rings. The summed E-state index contributed by atoms with van der Waals surface area (Å²) in [6, 6.07) is 6.21. The van der Waals surface area contributed by atoms with Gasteiger partial charge in [0.05, 0.1) is 18.6 Å². The summed E-state index contributed by atoms with van der Waals surface area (Å²) in [5.41, 5.74) is 1.49. The monoisotopic (exact) mass is 232 g/mol. The van der Waals surface area contributed by atoms with Crippen LogP contribution in [0.2, 0.25) is 0 Å². The highest BCUT2D eigenvalue weighted by Crippen LogP contribution is 2.20. The molecule has 0 saturated carbocycles. The highest BCUT2D eigenvalue weighted by atomic mass is 19.1. The average Bonchev–Trinajstić information content (AvgIpc) is 2.78. The maximum atomic E-state index is 12.8. The van der Waals surface area contributed by atoms with Gasteiger partial charge in [0.15, 0.2) is 5.78 Å². The van der Waals surface area contributed by atoms with E-state index in [-0.39, 0.29) is 17.6 Å². The number of hydrogen-bond acceptors (Lipinski definition) is 2. The second kappa shape index (κ2) is 4.49. The fourth-order valence-corrected chi connectivity index (χ4v) is 1.79. The van der Waals surface area contributed by atoms with Crippen LogP contribution in [-0.2, 0) is 0 Å². The van der Waals surface area contributed by atoms with Crippen LogP contribution in [0.15, 0.2) is 36.8 Å². The normalized spacial score (nSPS) is 12.4. The SMILES string of the molecule is CC(=O)c1cncn1[C@H](C)c1ccc(F)cc1. The first-order valence-electron chi connectivity index (χ1n) is 5.38. The van der Waals surface area contributed by atoms with Crippen LogP contribution in [-0.4, -0.2) is 15.3 Å². The Kier molecular flexibility index (Phi) is 3.04. The van der Waals surface area contributed by atoms with Crippen LogP contribution >= 0.6 is 0 Å². The van der Waals surface area contributed by atoms with Crippen LogP contribution in [0.5, 0.6) is 0 Å². The molecule has 88 valence electrons. The van der Waals surface area contributed by atoms with Gasteiger partial charge < -0.3 is 4.57 Å². The molecule has 17 heavy (non-hydrogen) atoms. The smallest absolute Gasteiger partial charge is 0.177 e. The van der Waals surface area contributed by atoms with E-state index in [9.17, 15) is 9.18 Å². The predicted octanol–water partition coefficient (Wildman–Crippen LogP) is 2.83. The number of aromatic nitrogens is 2. The predicted molar refractivity (Wildman–Crippen MR) is 62.4 cm³/mol. The molecule has 4 heteroatoms. The summed E-state index contributed by atoms with van der Waals surface area (Å²) in [7, 11) is 0. The van der Waals surface area contributed by atoms with Crippen molar-refractivity contribution in [1.82, 2.24) is 9.55 Å². The minimum absolute atomic E-state index is 0.0311. The summed E-state index contributed by atoms with van der Waals surface area (Å²) in [5, 5.41) is 0. The standard InChI is InChI=1S/C13H13FN2O/c1-9(11-3-5-12(14)6-4-11)16-8-15-7-13(16)10(2)17/h3-9H,1-2H3/t9-/m1/s1. The third-order valence-corrected chi connectivity index (χ3v) is 2.80. The molecule has 0 spiro atoms. The number of Topliss-reactive ketones (excluding diaryl/α,β-unsaturated/α-hetero) is 1. The van der Waals surface area contributed by atoms with Gasteiger partial charge >= 0.3 is 0 Å². The van der Waals surface area contributed by atoms with E-state index in [0.29, 0.717) is 5.69 Å². The Morgan fingerprint density at radius 3 is 2.59 bits per heavy atom. The van der Waals surface area contributed by atoms with Crippen molar-refractivity contribution in [1.29, 1.82) is 0 Å². The van der Waals surface area contributed by atoms with Crippen LogP contribution in [0.25, 0.3) is 0 Å². The first kappa shape index (κ1) is 11.5. The van der Waals surface area contributed by atoms with Crippen LogP contribution in [0.3, 0.4) is 0 Å². The van der Waals surface area contributed by atoms with E-state index in [2.05, 4.69) is 4.98 Å². The molecule has 0 N–H and O–H groups in total. The number of ketones is 1. The first-order valence-corrected chi connectivity index (χ1v) is 5.38. The molecule has 2 rings (SSSR count). The van der Waals surface area contributed by atoms with E-state index in [1.165, 1.54) is 19.1 Å². The molecule has 0 amide bonds. The molecule has 2 aromatic rings. The summed E-state index contributed by atoms with van der Waals surface area (Å²) < 4.78 is 14.6. The Labute approximate surface area is 98.9 Å².